The predicted molar refractivity (Wildman–Crippen MR) is 144 cm³/mol. The minimum absolute atomic E-state index is 0.0334. The maximum atomic E-state index is 14.7. The Labute approximate surface area is 228 Å². The number of amides is 2. The summed E-state index contributed by atoms with van der Waals surface area (Å²) >= 11 is 0. The van der Waals surface area contributed by atoms with E-state index in [0.717, 1.165) is 12.1 Å². The quantitative estimate of drug-likeness (QED) is 0.302. The van der Waals surface area contributed by atoms with Crippen molar-refractivity contribution in [3.63, 3.8) is 0 Å². The summed E-state index contributed by atoms with van der Waals surface area (Å²) in [4.78, 5) is 45.4. The average Bonchev–Trinajstić information content (AvgIpc) is 3.32. The van der Waals surface area contributed by atoms with E-state index in [9.17, 15) is 23.2 Å². The highest BCUT2D eigenvalue weighted by Crippen LogP contribution is 2.53. The van der Waals surface area contributed by atoms with Crippen molar-refractivity contribution in [2.45, 2.75) is 38.5 Å². The third-order valence-electron chi connectivity index (χ3n) is 7.46. The van der Waals surface area contributed by atoms with Crippen LogP contribution in [0.1, 0.15) is 47.5 Å². The van der Waals surface area contributed by atoms with Crippen molar-refractivity contribution >= 4 is 28.5 Å². The fourth-order valence-electron chi connectivity index (χ4n) is 5.76. The van der Waals surface area contributed by atoms with E-state index >= 15 is 0 Å². The van der Waals surface area contributed by atoms with Crippen LogP contribution in [0.4, 0.5) is 14.5 Å². The first-order valence-electron chi connectivity index (χ1n) is 13.1. The Bertz CT molecular complexity index is 1730. The van der Waals surface area contributed by atoms with Crippen LogP contribution in [0.15, 0.2) is 75.9 Å². The van der Waals surface area contributed by atoms with Gasteiger partial charge in [-0.2, -0.15) is 0 Å². The molecule has 1 atom stereocenters. The number of carbonyl (C=O) groups is 2. The Balaban J connectivity index is 1.58. The van der Waals surface area contributed by atoms with Gasteiger partial charge >= 0.3 is 0 Å². The number of hydrogen-bond acceptors (Lipinski definition) is 5. The first-order valence-corrected chi connectivity index (χ1v) is 13.1. The predicted octanol–water partition coefficient (Wildman–Crippen LogP) is 5.13. The Kier molecular flexibility index (Phi) is 6.26. The molecule has 0 radical (unpaired) electrons. The van der Waals surface area contributed by atoms with Gasteiger partial charge < -0.3 is 19.0 Å². The SMILES string of the molecule is CC(C)OCCCN1C(=O)c2oc3ccc(F)cc3c(=O)c2C12C(=O)N(Cc1ccccc1F)c1ccccc12. The van der Waals surface area contributed by atoms with Crippen LogP contribution >= 0.6 is 0 Å². The van der Waals surface area contributed by atoms with Crippen LogP contribution in [0.2, 0.25) is 0 Å². The highest BCUT2D eigenvalue weighted by atomic mass is 19.1. The van der Waals surface area contributed by atoms with Gasteiger partial charge in [0.05, 0.1) is 29.3 Å². The number of anilines is 1. The number of nitrogens with zero attached hydrogens (tertiary/aromatic N) is 2. The van der Waals surface area contributed by atoms with Crippen LogP contribution in [-0.4, -0.2) is 36.0 Å². The number of ether oxygens (including phenoxy) is 1. The van der Waals surface area contributed by atoms with Crippen molar-refractivity contribution in [1.29, 1.82) is 0 Å². The molecule has 0 saturated carbocycles. The van der Waals surface area contributed by atoms with Crippen LogP contribution in [0.5, 0.6) is 0 Å². The molecule has 40 heavy (non-hydrogen) atoms. The summed E-state index contributed by atoms with van der Waals surface area (Å²) in [5.74, 6) is -2.61. The number of para-hydroxylation sites is 1. The molecule has 1 unspecified atom stereocenters. The normalized spacial score (nSPS) is 17.9. The largest absolute Gasteiger partial charge is 0.450 e. The second-order valence-corrected chi connectivity index (χ2v) is 10.2. The van der Waals surface area contributed by atoms with Crippen molar-refractivity contribution in [1.82, 2.24) is 4.90 Å². The molecule has 1 aromatic heterocycles. The van der Waals surface area contributed by atoms with Gasteiger partial charge in [-0.3, -0.25) is 14.4 Å². The molecule has 0 N–H and O–H groups in total. The summed E-state index contributed by atoms with van der Waals surface area (Å²) in [5, 5.41) is -0.0752. The summed E-state index contributed by atoms with van der Waals surface area (Å²) in [5.41, 5.74) is -1.53. The maximum Gasteiger partial charge on any atom is 0.291 e. The molecule has 4 aromatic rings. The van der Waals surface area contributed by atoms with Gasteiger partial charge in [0.2, 0.25) is 5.76 Å². The molecule has 2 aliphatic rings. The van der Waals surface area contributed by atoms with Gasteiger partial charge in [0.1, 0.15) is 17.2 Å². The Hall–Kier alpha value is -4.37. The first kappa shape index (κ1) is 25.9. The van der Waals surface area contributed by atoms with E-state index in [0.29, 0.717) is 24.3 Å². The van der Waals surface area contributed by atoms with Crippen LogP contribution in [-0.2, 0) is 21.6 Å². The third kappa shape index (κ3) is 3.76. The lowest BCUT2D eigenvalue weighted by atomic mass is 9.84. The lowest BCUT2D eigenvalue weighted by molar-refractivity contribution is -0.126. The Morgan fingerprint density at radius 3 is 2.50 bits per heavy atom. The lowest BCUT2D eigenvalue weighted by Crippen LogP contribution is -2.53. The molecule has 204 valence electrons. The lowest BCUT2D eigenvalue weighted by Gasteiger charge is -2.34. The van der Waals surface area contributed by atoms with E-state index in [-0.39, 0.29) is 47.0 Å². The van der Waals surface area contributed by atoms with Crippen molar-refractivity contribution in [2.24, 2.45) is 0 Å². The van der Waals surface area contributed by atoms with Gasteiger partial charge in [-0.25, -0.2) is 8.78 Å². The van der Waals surface area contributed by atoms with E-state index in [4.69, 9.17) is 9.15 Å². The van der Waals surface area contributed by atoms with E-state index in [2.05, 4.69) is 0 Å². The fraction of sp³-hybridized carbons (Fsp3) is 0.258. The second-order valence-electron chi connectivity index (χ2n) is 10.2. The van der Waals surface area contributed by atoms with Gasteiger partial charge in [-0.15, -0.1) is 0 Å². The molecule has 1 spiro atoms. The molecule has 6 rings (SSSR count). The zero-order valence-corrected chi connectivity index (χ0v) is 21.9. The molecule has 2 amide bonds. The number of rotatable bonds is 7. The molecule has 9 heteroatoms. The number of hydrogen-bond donors (Lipinski definition) is 0. The minimum atomic E-state index is -1.87. The maximum absolute atomic E-state index is 14.7. The van der Waals surface area contributed by atoms with Crippen LogP contribution in [0.3, 0.4) is 0 Å². The first-order chi connectivity index (χ1) is 19.2. The standard InChI is InChI=1S/C31H26F2N2O5/c1-18(2)39-15-7-14-35-29(37)28-26(27(36)21-16-20(32)12-13-25(21)40-28)31(35)22-9-4-6-11-24(22)34(30(31)38)17-19-8-3-5-10-23(19)33/h3-6,8-13,16,18H,7,14-15,17H2,1-2H3. The van der Waals surface area contributed by atoms with E-state index < -0.39 is 34.4 Å². The molecule has 0 saturated heterocycles. The molecular weight excluding hydrogens is 518 g/mol. The Morgan fingerprint density at radius 2 is 1.73 bits per heavy atom. The van der Waals surface area contributed by atoms with Crippen molar-refractivity contribution in [3.8, 4) is 0 Å². The second kappa shape index (κ2) is 9.67. The summed E-state index contributed by atoms with van der Waals surface area (Å²) in [6, 6.07) is 16.4. The van der Waals surface area contributed by atoms with E-state index in [1.807, 2.05) is 13.8 Å². The smallest absolute Gasteiger partial charge is 0.291 e. The minimum Gasteiger partial charge on any atom is -0.450 e. The average molecular weight is 545 g/mol. The number of fused-ring (bicyclic) bond motifs is 5. The summed E-state index contributed by atoms with van der Waals surface area (Å²) < 4.78 is 40.6. The number of carbonyl (C=O) groups excluding carboxylic acids is 2. The van der Waals surface area contributed by atoms with Gasteiger partial charge in [-0.1, -0.05) is 36.4 Å². The summed E-state index contributed by atoms with van der Waals surface area (Å²) in [6.45, 7) is 4.06. The molecule has 7 nitrogen and oxygen atoms in total. The zero-order valence-electron chi connectivity index (χ0n) is 21.9. The number of halogens is 2. The van der Waals surface area contributed by atoms with Crippen molar-refractivity contribution < 1.29 is 27.5 Å². The van der Waals surface area contributed by atoms with E-state index in [1.54, 1.807) is 42.5 Å². The van der Waals surface area contributed by atoms with Crippen LogP contribution in [0, 0.1) is 11.6 Å². The topological polar surface area (TPSA) is 80.1 Å². The highest BCUT2D eigenvalue weighted by molar-refractivity contribution is 6.17. The summed E-state index contributed by atoms with van der Waals surface area (Å²) in [7, 11) is 0. The molecule has 0 aliphatic carbocycles. The van der Waals surface area contributed by atoms with Crippen molar-refractivity contribution in [3.05, 3.63) is 111 Å². The zero-order chi connectivity index (χ0) is 28.2. The highest BCUT2D eigenvalue weighted by Gasteiger charge is 2.64. The molecule has 0 fully saturated rings. The summed E-state index contributed by atoms with van der Waals surface area (Å²) in [6.07, 6.45) is 0.346. The Morgan fingerprint density at radius 1 is 0.975 bits per heavy atom. The van der Waals surface area contributed by atoms with Gasteiger partial charge in [-0.05, 0) is 50.6 Å². The van der Waals surface area contributed by atoms with Crippen LogP contribution < -0.4 is 10.3 Å². The molecule has 3 heterocycles. The molecule has 2 aliphatic heterocycles. The molecule has 0 bridgehead atoms. The fourth-order valence-corrected chi connectivity index (χ4v) is 5.76. The number of benzene rings is 3. The van der Waals surface area contributed by atoms with Gasteiger partial charge in [0.15, 0.2) is 11.0 Å². The third-order valence-corrected chi connectivity index (χ3v) is 7.46. The van der Waals surface area contributed by atoms with Crippen molar-refractivity contribution in [2.75, 3.05) is 18.1 Å². The monoisotopic (exact) mass is 544 g/mol. The van der Waals surface area contributed by atoms with Gasteiger partial charge in [0, 0.05) is 24.3 Å². The van der Waals surface area contributed by atoms with E-state index in [1.165, 1.54) is 21.9 Å². The molecular formula is C31H26F2N2O5. The van der Waals surface area contributed by atoms with Crippen LogP contribution in [0.25, 0.3) is 11.0 Å². The van der Waals surface area contributed by atoms with Gasteiger partial charge in [0.25, 0.3) is 11.8 Å². The molecule has 3 aromatic carbocycles.